The Morgan fingerprint density at radius 2 is 2.24 bits per heavy atom. The van der Waals surface area contributed by atoms with Crippen molar-refractivity contribution in [2.75, 3.05) is 0 Å². The van der Waals surface area contributed by atoms with Gasteiger partial charge in [-0.3, -0.25) is 4.79 Å². The number of H-pyrrole nitrogens is 1. The zero-order valence-electron chi connectivity index (χ0n) is 8.92. The minimum absolute atomic E-state index is 0.113. The largest absolute Gasteiger partial charge is 0.508 e. The van der Waals surface area contributed by atoms with Crippen LogP contribution in [0.1, 0.15) is 11.4 Å². The summed E-state index contributed by atoms with van der Waals surface area (Å²) in [6.07, 6.45) is 0.116. The highest BCUT2D eigenvalue weighted by atomic mass is 16.3. The lowest BCUT2D eigenvalue weighted by molar-refractivity contribution is -0.120. The molecule has 0 aliphatic rings. The van der Waals surface area contributed by atoms with Crippen molar-refractivity contribution in [1.29, 1.82) is 0 Å². The molecular weight excluding hydrogens is 222 g/mol. The Hall–Kier alpha value is -2.44. The number of hydrogen-bond donors (Lipinski definition) is 3. The van der Waals surface area contributed by atoms with Gasteiger partial charge in [0.2, 0.25) is 5.91 Å². The fraction of sp³-hybridized carbons (Fsp3) is 0.200. The Morgan fingerprint density at radius 1 is 1.41 bits per heavy atom. The van der Waals surface area contributed by atoms with Crippen molar-refractivity contribution >= 4 is 5.91 Å². The number of tetrazole rings is 1. The summed E-state index contributed by atoms with van der Waals surface area (Å²) < 4.78 is 0. The third-order valence-electron chi connectivity index (χ3n) is 2.18. The van der Waals surface area contributed by atoms with E-state index in [4.69, 9.17) is 0 Å². The number of benzene rings is 1. The maximum atomic E-state index is 11.6. The van der Waals surface area contributed by atoms with Crippen LogP contribution in [-0.2, 0) is 17.8 Å². The van der Waals surface area contributed by atoms with Crippen LogP contribution < -0.4 is 5.32 Å². The number of rotatable bonds is 4. The lowest BCUT2D eigenvalue weighted by Gasteiger charge is -2.04. The van der Waals surface area contributed by atoms with E-state index in [1.165, 1.54) is 0 Å². The Kier molecular flexibility index (Phi) is 3.29. The molecule has 0 unspecified atom stereocenters. The molecular formula is C10H11N5O2. The van der Waals surface area contributed by atoms with Crippen molar-refractivity contribution in [3.05, 3.63) is 35.7 Å². The van der Waals surface area contributed by atoms with Gasteiger partial charge in [0.05, 0.1) is 13.0 Å². The predicted octanol–water partition coefficient (Wildman–Crippen LogP) is -0.236. The van der Waals surface area contributed by atoms with Crippen LogP contribution in [0.15, 0.2) is 24.3 Å². The fourth-order valence-corrected chi connectivity index (χ4v) is 1.33. The maximum absolute atomic E-state index is 11.6. The average molecular weight is 233 g/mol. The number of carbonyl (C=O) groups excluding carboxylic acids is 1. The van der Waals surface area contributed by atoms with Crippen LogP contribution in [0, 0.1) is 0 Å². The van der Waals surface area contributed by atoms with E-state index in [1.807, 2.05) is 0 Å². The Morgan fingerprint density at radius 3 is 2.94 bits per heavy atom. The Balaban J connectivity index is 1.87. The average Bonchev–Trinajstić information content (AvgIpc) is 2.82. The molecule has 0 bridgehead atoms. The number of phenolic OH excluding ortho intramolecular Hbond substituents is 1. The third kappa shape index (κ3) is 3.00. The van der Waals surface area contributed by atoms with E-state index < -0.39 is 0 Å². The standard InChI is InChI=1S/C10H11N5O2/c16-8-4-2-1-3-7(8)5-10(17)11-6-9-12-14-15-13-9/h1-4,16H,5-6H2,(H,11,17)(H,12,13,14,15). The van der Waals surface area contributed by atoms with Crippen LogP contribution in [0.5, 0.6) is 5.75 Å². The summed E-state index contributed by atoms with van der Waals surface area (Å²) in [5.41, 5.74) is 0.582. The molecule has 7 heteroatoms. The zero-order valence-corrected chi connectivity index (χ0v) is 8.92. The van der Waals surface area contributed by atoms with Crippen molar-refractivity contribution < 1.29 is 9.90 Å². The first-order valence-corrected chi connectivity index (χ1v) is 5.01. The molecule has 0 saturated heterocycles. The molecule has 2 aromatic rings. The molecule has 1 aromatic heterocycles. The number of para-hydroxylation sites is 1. The van der Waals surface area contributed by atoms with Gasteiger partial charge in [-0.05, 0) is 6.07 Å². The third-order valence-corrected chi connectivity index (χ3v) is 2.18. The minimum Gasteiger partial charge on any atom is -0.508 e. The van der Waals surface area contributed by atoms with Crippen LogP contribution in [0.4, 0.5) is 0 Å². The summed E-state index contributed by atoms with van der Waals surface area (Å²) in [7, 11) is 0. The van der Waals surface area contributed by atoms with Crippen LogP contribution >= 0.6 is 0 Å². The first-order chi connectivity index (χ1) is 8.25. The van der Waals surface area contributed by atoms with E-state index in [0.29, 0.717) is 11.4 Å². The molecule has 0 radical (unpaired) electrons. The summed E-state index contributed by atoms with van der Waals surface area (Å²) in [5.74, 6) is 0.314. The SMILES string of the molecule is O=C(Cc1ccccc1O)NCc1nn[nH]n1. The number of nitrogens with zero attached hydrogens (tertiary/aromatic N) is 3. The second-order valence-electron chi connectivity index (χ2n) is 3.41. The smallest absolute Gasteiger partial charge is 0.224 e. The lowest BCUT2D eigenvalue weighted by Crippen LogP contribution is -2.25. The summed E-state index contributed by atoms with van der Waals surface area (Å²) in [6.45, 7) is 0.211. The monoisotopic (exact) mass is 233 g/mol. The number of carbonyl (C=O) groups is 1. The van der Waals surface area contributed by atoms with E-state index >= 15 is 0 Å². The number of nitrogens with one attached hydrogen (secondary N) is 2. The second-order valence-corrected chi connectivity index (χ2v) is 3.41. The molecule has 0 aliphatic carbocycles. The molecule has 7 nitrogen and oxygen atoms in total. The number of aromatic amines is 1. The topological polar surface area (TPSA) is 104 Å². The fourth-order valence-electron chi connectivity index (χ4n) is 1.33. The molecule has 0 spiro atoms. The molecule has 0 saturated carbocycles. The maximum Gasteiger partial charge on any atom is 0.224 e. The van der Waals surface area contributed by atoms with Crippen molar-refractivity contribution in [2.24, 2.45) is 0 Å². The normalized spacial score (nSPS) is 10.1. The van der Waals surface area contributed by atoms with E-state index in [1.54, 1.807) is 24.3 Å². The number of amides is 1. The molecule has 0 aliphatic heterocycles. The van der Waals surface area contributed by atoms with Gasteiger partial charge in [0.15, 0.2) is 5.82 Å². The van der Waals surface area contributed by atoms with Gasteiger partial charge in [0.1, 0.15) is 5.75 Å². The highest BCUT2D eigenvalue weighted by Gasteiger charge is 2.07. The molecule has 17 heavy (non-hydrogen) atoms. The number of aromatic nitrogens is 4. The summed E-state index contributed by atoms with van der Waals surface area (Å²) in [4.78, 5) is 11.6. The van der Waals surface area contributed by atoms with Crippen molar-refractivity contribution in [2.45, 2.75) is 13.0 Å². The van der Waals surface area contributed by atoms with Gasteiger partial charge in [-0.15, -0.1) is 10.2 Å². The van der Waals surface area contributed by atoms with Gasteiger partial charge in [-0.2, -0.15) is 5.21 Å². The van der Waals surface area contributed by atoms with Gasteiger partial charge in [-0.1, -0.05) is 23.4 Å². The molecule has 3 N–H and O–H groups in total. The first kappa shape index (κ1) is 11.1. The second kappa shape index (κ2) is 5.06. The molecule has 88 valence electrons. The molecule has 0 atom stereocenters. The Bertz CT molecular complexity index is 497. The van der Waals surface area contributed by atoms with Crippen LogP contribution in [0.2, 0.25) is 0 Å². The van der Waals surface area contributed by atoms with Crippen molar-refractivity contribution in [3.63, 3.8) is 0 Å². The lowest BCUT2D eigenvalue weighted by atomic mass is 10.1. The highest BCUT2D eigenvalue weighted by Crippen LogP contribution is 2.15. The van der Waals surface area contributed by atoms with E-state index in [0.717, 1.165) is 0 Å². The van der Waals surface area contributed by atoms with Crippen molar-refractivity contribution in [3.8, 4) is 5.75 Å². The van der Waals surface area contributed by atoms with Gasteiger partial charge in [-0.25, -0.2) is 0 Å². The molecule has 2 rings (SSSR count). The molecule has 1 aromatic carbocycles. The molecule has 0 fully saturated rings. The van der Waals surface area contributed by atoms with Crippen molar-refractivity contribution in [1.82, 2.24) is 25.9 Å². The van der Waals surface area contributed by atoms with Gasteiger partial charge in [0, 0.05) is 5.56 Å². The highest BCUT2D eigenvalue weighted by molar-refractivity contribution is 5.79. The molecule has 1 heterocycles. The van der Waals surface area contributed by atoms with Crippen LogP contribution in [0.3, 0.4) is 0 Å². The number of aromatic hydroxyl groups is 1. The van der Waals surface area contributed by atoms with Crippen LogP contribution in [0.25, 0.3) is 0 Å². The predicted molar refractivity (Wildman–Crippen MR) is 57.8 cm³/mol. The van der Waals surface area contributed by atoms with Gasteiger partial charge >= 0.3 is 0 Å². The molecule has 1 amide bonds. The van der Waals surface area contributed by atoms with E-state index in [2.05, 4.69) is 25.9 Å². The first-order valence-electron chi connectivity index (χ1n) is 5.01. The zero-order chi connectivity index (χ0) is 12.1. The Labute approximate surface area is 96.9 Å². The number of hydrogen-bond acceptors (Lipinski definition) is 5. The van der Waals surface area contributed by atoms with Crippen LogP contribution in [-0.4, -0.2) is 31.6 Å². The van der Waals surface area contributed by atoms with E-state index in [9.17, 15) is 9.90 Å². The van der Waals surface area contributed by atoms with Gasteiger partial charge in [0.25, 0.3) is 0 Å². The summed E-state index contributed by atoms with van der Waals surface area (Å²) in [6, 6.07) is 6.71. The minimum atomic E-state index is -0.212. The van der Waals surface area contributed by atoms with E-state index in [-0.39, 0.29) is 24.6 Å². The summed E-state index contributed by atoms with van der Waals surface area (Å²) >= 11 is 0. The quantitative estimate of drug-likeness (QED) is 0.676. The number of phenols is 1. The summed E-state index contributed by atoms with van der Waals surface area (Å²) in [5, 5.41) is 25.2. The van der Waals surface area contributed by atoms with Gasteiger partial charge < -0.3 is 10.4 Å².